The standard InChI is InChI=1S/C12H12N2O.C7H16N2/c1-12(2)7-14(8-15)11-5-9(6-13)3-4-10(11)12;1-3-9-5-4-8-7(2)6-9/h3-5,8H,7H2,1-2H3;7-8H,3-6H2,1-2H3. The van der Waals surface area contributed by atoms with Crippen LogP contribution in [-0.2, 0) is 10.2 Å². The number of fused-ring (bicyclic) bond motifs is 1. The van der Waals surface area contributed by atoms with Gasteiger partial charge in [0.1, 0.15) is 0 Å². The Morgan fingerprint density at radius 1 is 1.46 bits per heavy atom. The van der Waals surface area contributed by atoms with Crippen molar-refractivity contribution in [3.8, 4) is 6.07 Å². The Bertz CT molecular complexity index is 620. The van der Waals surface area contributed by atoms with E-state index in [1.54, 1.807) is 17.0 Å². The first-order valence-electron chi connectivity index (χ1n) is 8.63. The van der Waals surface area contributed by atoms with Gasteiger partial charge in [0.25, 0.3) is 0 Å². The van der Waals surface area contributed by atoms with E-state index in [0.717, 1.165) is 24.2 Å². The molecule has 1 atom stereocenters. The predicted octanol–water partition coefficient (Wildman–Crippen LogP) is 2.11. The number of nitrogens with zero attached hydrogens (tertiary/aromatic N) is 3. The number of hydrogen-bond acceptors (Lipinski definition) is 4. The Labute approximate surface area is 145 Å². The molecule has 2 aliphatic heterocycles. The van der Waals surface area contributed by atoms with Gasteiger partial charge >= 0.3 is 0 Å². The SMILES string of the molecule is CC1(C)CN(C=O)c2cc(C#N)ccc21.CCN1CCNC(C)C1. The summed E-state index contributed by atoms with van der Waals surface area (Å²) in [6, 6.07) is 8.30. The molecule has 1 aromatic carbocycles. The van der Waals surface area contributed by atoms with Gasteiger partial charge in [0.2, 0.25) is 6.41 Å². The molecule has 0 saturated carbocycles. The molecule has 2 aliphatic rings. The van der Waals surface area contributed by atoms with Crippen LogP contribution in [0.15, 0.2) is 18.2 Å². The second-order valence-electron chi connectivity index (χ2n) is 7.21. The molecule has 0 aromatic heterocycles. The number of rotatable bonds is 2. The number of anilines is 1. The van der Waals surface area contributed by atoms with Gasteiger partial charge in [-0.1, -0.05) is 26.8 Å². The minimum absolute atomic E-state index is 0.0236. The van der Waals surface area contributed by atoms with E-state index in [4.69, 9.17) is 5.26 Å². The summed E-state index contributed by atoms with van der Waals surface area (Å²) in [5, 5.41) is 12.2. The maximum atomic E-state index is 10.9. The number of likely N-dealkylation sites (N-methyl/N-ethyl adjacent to an activating group) is 1. The molecule has 0 spiro atoms. The topological polar surface area (TPSA) is 59.4 Å². The Morgan fingerprint density at radius 3 is 2.75 bits per heavy atom. The van der Waals surface area contributed by atoms with Crippen molar-refractivity contribution in [3.63, 3.8) is 0 Å². The quantitative estimate of drug-likeness (QED) is 0.845. The van der Waals surface area contributed by atoms with E-state index in [9.17, 15) is 4.79 Å². The summed E-state index contributed by atoms with van der Waals surface area (Å²) < 4.78 is 0. The third-order valence-electron chi connectivity index (χ3n) is 4.76. The highest BCUT2D eigenvalue weighted by Gasteiger charge is 2.34. The van der Waals surface area contributed by atoms with E-state index in [1.165, 1.54) is 19.6 Å². The molecule has 0 aliphatic carbocycles. The number of carbonyl (C=O) groups excluding carboxylic acids is 1. The fourth-order valence-corrected chi connectivity index (χ4v) is 3.40. The third kappa shape index (κ3) is 4.14. The number of hydrogen-bond donors (Lipinski definition) is 1. The molecule has 1 unspecified atom stereocenters. The summed E-state index contributed by atoms with van der Waals surface area (Å²) >= 11 is 0. The number of nitriles is 1. The lowest BCUT2D eigenvalue weighted by atomic mass is 9.87. The number of piperazine rings is 1. The van der Waals surface area contributed by atoms with Gasteiger partial charge in [-0.2, -0.15) is 5.26 Å². The molecule has 1 N–H and O–H groups in total. The summed E-state index contributed by atoms with van der Waals surface area (Å²) in [6.07, 6.45) is 0.828. The van der Waals surface area contributed by atoms with Crippen LogP contribution in [0.2, 0.25) is 0 Å². The molecule has 0 bridgehead atoms. The Morgan fingerprint density at radius 2 is 2.21 bits per heavy atom. The fourth-order valence-electron chi connectivity index (χ4n) is 3.40. The van der Waals surface area contributed by atoms with Crippen molar-refractivity contribution >= 4 is 12.1 Å². The van der Waals surface area contributed by atoms with Crippen molar-refractivity contribution in [2.45, 2.75) is 39.2 Å². The van der Waals surface area contributed by atoms with E-state index in [1.807, 2.05) is 6.07 Å². The maximum Gasteiger partial charge on any atom is 0.214 e. The van der Waals surface area contributed by atoms with Crippen LogP contribution in [0.1, 0.15) is 38.8 Å². The van der Waals surface area contributed by atoms with Crippen molar-refractivity contribution in [2.75, 3.05) is 37.6 Å². The molecule has 5 heteroatoms. The van der Waals surface area contributed by atoms with E-state index in [2.05, 4.69) is 44.0 Å². The van der Waals surface area contributed by atoms with Gasteiger partial charge in [0, 0.05) is 43.3 Å². The molecule has 130 valence electrons. The maximum absolute atomic E-state index is 10.9. The van der Waals surface area contributed by atoms with Gasteiger partial charge < -0.3 is 15.1 Å². The first-order valence-corrected chi connectivity index (χ1v) is 8.63. The van der Waals surface area contributed by atoms with Crippen LogP contribution in [-0.4, -0.2) is 50.1 Å². The zero-order valence-corrected chi connectivity index (χ0v) is 15.2. The van der Waals surface area contributed by atoms with Crippen LogP contribution in [0, 0.1) is 11.3 Å². The third-order valence-corrected chi connectivity index (χ3v) is 4.76. The summed E-state index contributed by atoms with van der Waals surface area (Å²) in [5.74, 6) is 0. The number of carbonyl (C=O) groups is 1. The smallest absolute Gasteiger partial charge is 0.214 e. The molecular formula is C19H28N4O. The normalized spacial score (nSPS) is 22.1. The molecule has 1 saturated heterocycles. The lowest BCUT2D eigenvalue weighted by Gasteiger charge is -2.30. The highest BCUT2D eigenvalue weighted by Crippen LogP contribution is 2.39. The monoisotopic (exact) mass is 328 g/mol. The van der Waals surface area contributed by atoms with Crippen molar-refractivity contribution < 1.29 is 4.79 Å². The average Bonchev–Trinajstić information content (AvgIpc) is 2.85. The van der Waals surface area contributed by atoms with Gasteiger partial charge in [-0.3, -0.25) is 4.79 Å². The van der Waals surface area contributed by atoms with E-state index >= 15 is 0 Å². The first-order chi connectivity index (χ1) is 11.4. The van der Waals surface area contributed by atoms with Gasteiger partial charge in [-0.25, -0.2) is 0 Å². The largest absolute Gasteiger partial charge is 0.314 e. The van der Waals surface area contributed by atoms with Crippen LogP contribution in [0.5, 0.6) is 0 Å². The lowest BCUT2D eigenvalue weighted by Crippen LogP contribution is -2.48. The molecule has 2 heterocycles. The van der Waals surface area contributed by atoms with Crippen molar-refractivity contribution in [2.24, 2.45) is 0 Å². The summed E-state index contributed by atoms with van der Waals surface area (Å²) in [7, 11) is 0. The van der Waals surface area contributed by atoms with Crippen molar-refractivity contribution in [1.82, 2.24) is 10.2 Å². The summed E-state index contributed by atoms with van der Waals surface area (Å²) in [6.45, 7) is 14.1. The van der Waals surface area contributed by atoms with Gasteiger partial charge in [-0.15, -0.1) is 0 Å². The molecule has 0 radical (unpaired) electrons. The van der Waals surface area contributed by atoms with Gasteiger partial charge in [0.15, 0.2) is 0 Å². The molecule has 5 nitrogen and oxygen atoms in total. The second-order valence-corrected chi connectivity index (χ2v) is 7.21. The van der Waals surface area contributed by atoms with E-state index in [0.29, 0.717) is 18.2 Å². The minimum Gasteiger partial charge on any atom is -0.314 e. The lowest BCUT2D eigenvalue weighted by molar-refractivity contribution is -0.107. The van der Waals surface area contributed by atoms with Crippen LogP contribution in [0.25, 0.3) is 0 Å². The second kappa shape index (κ2) is 7.78. The van der Waals surface area contributed by atoms with Gasteiger partial charge in [-0.05, 0) is 31.2 Å². The van der Waals surface area contributed by atoms with Crippen LogP contribution < -0.4 is 10.2 Å². The van der Waals surface area contributed by atoms with Gasteiger partial charge in [0.05, 0.1) is 11.6 Å². The predicted molar refractivity (Wildman–Crippen MR) is 97.2 cm³/mol. The van der Waals surface area contributed by atoms with Crippen LogP contribution >= 0.6 is 0 Å². The zero-order valence-electron chi connectivity index (χ0n) is 15.2. The molecular weight excluding hydrogens is 300 g/mol. The Kier molecular flexibility index (Phi) is 5.98. The molecule has 3 rings (SSSR count). The summed E-state index contributed by atoms with van der Waals surface area (Å²) in [5.41, 5.74) is 2.57. The Balaban J connectivity index is 0.000000198. The van der Waals surface area contributed by atoms with Crippen LogP contribution in [0.4, 0.5) is 5.69 Å². The highest BCUT2D eigenvalue weighted by atomic mass is 16.1. The highest BCUT2D eigenvalue weighted by molar-refractivity contribution is 5.82. The van der Waals surface area contributed by atoms with Crippen LogP contribution in [0.3, 0.4) is 0 Å². The van der Waals surface area contributed by atoms with Crippen molar-refractivity contribution in [1.29, 1.82) is 5.26 Å². The number of nitrogens with one attached hydrogen (secondary N) is 1. The molecule has 1 amide bonds. The fraction of sp³-hybridized carbons (Fsp3) is 0.579. The molecule has 1 fully saturated rings. The number of amides is 1. The van der Waals surface area contributed by atoms with Crippen molar-refractivity contribution in [3.05, 3.63) is 29.3 Å². The minimum atomic E-state index is -0.0236. The summed E-state index contributed by atoms with van der Waals surface area (Å²) in [4.78, 5) is 15.0. The average molecular weight is 328 g/mol. The molecule has 1 aromatic rings. The zero-order chi connectivity index (χ0) is 17.7. The Hall–Kier alpha value is -1.90. The molecule has 24 heavy (non-hydrogen) atoms. The first kappa shape index (κ1) is 18.4. The van der Waals surface area contributed by atoms with E-state index < -0.39 is 0 Å². The van der Waals surface area contributed by atoms with E-state index in [-0.39, 0.29) is 5.41 Å². The number of benzene rings is 1.